The molecule has 0 atom stereocenters. The van der Waals surface area contributed by atoms with E-state index < -0.39 is 11.2 Å². The van der Waals surface area contributed by atoms with Crippen molar-refractivity contribution in [2.45, 2.75) is 6.92 Å². The van der Waals surface area contributed by atoms with Crippen LogP contribution in [-0.4, -0.2) is 23.1 Å². The summed E-state index contributed by atoms with van der Waals surface area (Å²) in [5, 5.41) is 5.67. The standard InChI is InChI=1S/C10H14N4O2/c1-4-5-6-12-7-8(11-2)14(3)10(16)13-9(7)15/h11-12H,6H2,1-3H3,(H,13,15,16). The van der Waals surface area contributed by atoms with Gasteiger partial charge in [-0.25, -0.2) is 4.79 Å². The van der Waals surface area contributed by atoms with Crippen molar-refractivity contribution < 1.29 is 0 Å². The maximum Gasteiger partial charge on any atom is 0.329 e. The van der Waals surface area contributed by atoms with E-state index in [1.807, 2.05) is 0 Å². The fourth-order valence-electron chi connectivity index (χ4n) is 1.30. The van der Waals surface area contributed by atoms with Gasteiger partial charge in [0.2, 0.25) is 0 Å². The van der Waals surface area contributed by atoms with E-state index in [0.717, 1.165) is 0 Å². The van der Waals surface area contributed by atoms with Gasteiger partial charge in [-0.05, 0) is 6.92 Å². The molecule has 0 aliphatic rings. The van der Waals surface area contributed by atoms with Crippen LogP contribution in [-0.2, 0) is 7.05 Å². The minimum absolute atomic E-state index is 0.312. The zero-order valence-corrected chi connectivity index (χ0v) is 9.47. The first kappa shape index (κ1) is 11.9. The van der Waals surface area contributed by atoms with Crippen molar-refractivity contribution in [3.8, 4) is 11.8 Å². The Kier molecular flexibility index (Phi) is 3.78. The lowest BCUT2D eigenvalue weighted by Gasteiger charge is -2.12. The maximum absolute atomic E-state index is 11.5. The average Bonchev–Trinajstić information content (AvgIpc) is 2.26. The molecule has 1 rings (SSSR count). The van der Waals surface area contributed by atoms with Crippen LogP contribution in [0, 0.1) is 11.8 Å². The highest BCUT2D eigenvalue weighted by molar-refractivity contribution is 5.63. The number of nitrogens with zero attached hydrogens (tertiary/aromatic N) is 1. The summed E-state index contributed by atoms with van der Waals surface area (Å²) in [6.07, 6.45) is 0. The molecular weight excluding hydrogens is 208 g/mol. The monoisotopic (exact) mass is 222 g/mol. The molecule has 0 radical (unpaired) electrons. The molecular formula is C10H14N4O2. The Bertz CT molecular complexity index is 545. The first-order valence-corrected chi connectivity index (χ1v) is 4.76. The second-order valence-electron chi connectivity index (χ2n) is 3.07. The van der Waals surface area contributed by atoms with Crippen LogP contribution >= 0.6 is 0 Å². The van der Waals surface area contributed by atoms with Gasteiger partial charge in [-0.2, -0.15) is 0 Å². The summed E-state index contributed by atoms with van der Waals surface area (Å²) in [5.41, 5.74) is -0.598. The number of H-pyrrole nitrogens is 1. The molecule has 16 heavy (non-hydrogen) atoms. The number of anilines is 2. The molecule has 0 amide bonds. The van der Waals surface area contributed by atoms with E-state index in [9.17, 15) is 9.59 Å². The predicted octanol–water partition coefficient (Wildman–Crippen LogP) is -0.449. The summed E-state index contributed by atoms with van der Waals surface area (Å²) >= 11 is 0. The van der Waals surface area contributed by atoms with E-state index in [1.165, 1.54) is 4.57 Å². The first-order chi connectivity index (χ1) is 7.61. The Balaban J connectivity index is 3.24. The molecule has 0 fully saturated rings. The van der Waals surface area contributed by atoms with Gasteiger partial charge in [0.25, 0.3) is 5.56 Å². The van der Waals surface area contributed by atoms with Gasteiger partial charge in [-0.3, -0.25) is 14.3 Å². The zero-order valence-electron chi connectivity index (χ0n) is 9.47. The maximum atomic E-state index is 11.5. The molecule has 0 spiro atoms. The van der Waals surface area contributed by atoms with E-state index in [1.54, 1.807) is 21.0 Å². The Morgan fingerprint density at radius 2 is 2.12 bits per heavy atom. The van der Waals surface area contributed by atoms with Crippen molar-refractivity contribution in [1.29, 1.82) is 0 Å². The molecule has 86 valence electrons. The minimum atomic E-state index is -0.457. The molecule has 0 saturated heterocycles. The summed E-state index contributed by atoms with van der Waals surface area (Å²) in [5.74, 6) is 5.92. The van der Waals surface area contributed by atoms with Crippen LogP contribution in [0.25, 0.3) is 0 Å². The lowest BCUT2D eigenvalue weighted by Crippen LogP contribution is -2.32. The third-order valence-electron chi connectivity index (χ3n) is 2.09. The van der Waals surface area contributed by atoms with Crippen LogP contribution in [0.4, 0.5) is 11.5 Å². The summed E-state index contributed by atoms with van der Waals surface area (Å²) in [6, 6.07) is 0. The molecule has 6 heteroatoms. The molecule has 3 N–H and O–H groups in total. The Hall–Kier alpha value is -2.16. The number of hydrogen-bond acceptors (Lipinski definition) is 4. The Morgan fingerprint density at radius 1 is 1.44 bits per heavy atom. The number of hydrogen-bond donors (Lipinski definition) is 3. The van der Waals surface area contributed by atoms with Crippen LogP contribution in [0.2, 0.25) is 0 Å². The van der Waals surface area contributed by atoms with Gasteiger partial charge in [-0.15, -0.1) is 5.92 Å². The summed E-state index contributed by atoms with van der Waals surface area (Å²) in [7, 11) is 3.21. The third-order valence-corrected chi connectivity index (χ3v) is 2.09. The van der Waals surface area contributed by atoms with Crippen molar-refractivity contribution >= 4 is 11.5 Å². The van der Waals surface area contributed by atoms with Crippen LogP contribution in [0.3, 0.4) is 0 Å². The molecule has 1 aromatic heterocycles. The van der Waals surface area contributed by atoms with Gasteiger partial charge >= 0.3 is 5.69 Å². The van der Waals surface area contributed by atoms with E-state index >= 15 is 0 Å². The molecule has 0 bridgehead atoms. The highest BCUT2D eigenvalue weighted by Crippen LogP contribution is 2.11. The minimum Gasteiger partial charge on any atom is -0.373 e. The normalized spacial score (nSPS) is 9.19. The largest absolute Gasteiger partial charge is 0.373 e. The number of nitrogens with one attached hydrogen (secondary N) is 3. The van der Waals surface area contributed by atoms with Crippen LogP contribution in [0.5, 0.6) is 0 Å². The third kappa shape index (κ3) is 2.25. The van der Waals surface area contributed by atoms with Gasteiger partial charge in [-0.1, -0.05) is 5.92 Å². The topological polar surface area (TPSA) is 78.9 Å². The smallest absolute Gasteiger partial charge is 0.329 e. The fourth-order valence-corrected chi connectivity index (χ4v) is 1.30. The van der Waals surface area contributed by atoms with Gasteiger partial charge in [0, 0.05) is 14.1 Å². The van der Waals surface area contributed by atoms with Crippen LogP contribution < -0.4 is 21.9 Å². The zero-order chi connectivity index (χ0) is 12.1. The van der Waals surface area contributed by atoms with Crippen molar-refractivity contribution in [1.82, 2.24) is 9.55 Å². The fraction of sp³-hybridized carbons (Fsp3) is 0.400. The lowest BCUT2D eigenvalue weighted by molar-refractivity contribution is 0.808. The van der Waals surface area contributed by atoms with Gasteiger partial charge in [0.1, 0.15) is 11.5 Å². The van der Waals surface area contributed by atoms with Gasteiger partial charge in [0.05, 0.1) is 6.54 Å². The number of aromatic amines is 1. The molecule has 0 aliphatic heterocycles. The average molecular weight is 222 g/mol. The van der Waals surface area contributed by atoms with Crippen LogP contribution in [0.1, 0.15) is 6.92 Å². The van der Waals surface area contributed by atoms with Gasteiger partial charge < -0.3 is 10.6 Å². The molecule has 0 saturated carbocycles. The molecule has 1 aromatic rings. The predicted molar refractivity (Wildman–Crippen MR) is 63.8 cm³/mol. The second-order valence-corrected chi connectivity index (χ2v) is 3.07. The van der Waals surface area contributed by atoms with E-state index in [2.05, 4.69) is 27.5 Å². The number of aromatic nitrogens is 2. The van der Waals surface area contributed by atoms with E-state index in [0.29, 0.717) is 18.1 Å². The quantitative estimate of drug-likeness (QED) is 0.605. The van der Waals surface area contributed by atoms with Crippen LogP contribution in [0.15, 0.2) is 9.59 Å². The second kappa shape index (κ2) is 5.07. The molecule has 1 heterocycles. The SMILES string of the molecule is CC#CCNc1c(NC)n(C)c(=O)[nH]c1=O. The Morgan fingerprint density at radius 3 is 2.69 bits per heavy atom. The van der Waals surface area contributed by atoms with Gasteiger partial charge in [0.15, 0.2) is 0 Å². The van der Waals surface area contributed by atoms with Crippen molar-refractivity contribution in [3.05, 3.63) is 20.8 Å². The summed E-state index contributed by atoms with van der Waals surface area (Å²) < 4.78 is 1.32. The molecule has 0 aliphatic carbocycles. The van der Waals surface area contributed by atoms with E-state index in [4.69, 9.17) is 0 Å². The van der Waals surface area contributed by atoms with E-state index in [-0.39, 0.29) is 0 Å². The molecule has 6 nitrogen and oxygen atoms in total. The highest BCUT2D eigenvalue weighted by Gasteiger charge is 2.09. The molecule has 0 aromatic carbocycles. The Labute approximate surface area is 92.7 Å². The number of rotatable bonds is 3. The first-order valence-electron chi connectivity index (χ1n) is 4.76. The van der Waals surface area contributed by atoms with Crippen molar-refractivity contribution in [2.24, 2.45) is 7.05 Å². The van der Waals surface area contributed by atoms with Crippen molar-refractivity contribution in [2.75, 3.05) is 24.2 Å². The highest BCUT2D eigenvalue weighted by atomic mass is 16.2. The summed E-state index contributed by atoms with van der Waals surface area (Å²) in [6.45, 7) is 2.07. The molecule has 0 unspecified atom stereocenters. The van der Waals surface area contributed by atoms with Crippen molar-refractivity contribution in [3.63, 3.8) is 0 Å². The lowest BCUT2D eigenvalue weighted by atomic mass is 10.4. The summed E-state index contributed by atoms with van der Waals surface area (Å²) in [4.78, 5) is 25.1.